The largest absolute Gasteiger partial charge is 0.497 e. The summed E-state index contributed by atoms with van der Waals surface area (Å²) in [5.74, 6) is -0.0989. The molecule has 2 fully saturated rings. The number of hydrogen-bond acceptors (Lipinski definition) is 7. The van der Waals surface area contributed by atoms with E-state index in [9.17, 15) is 19.1 Å². The fourth-order valence-electron chi connectivity index (χ4n) is 4.72. The number of benzene rings is 2. The molecule has 3 heterocycles. The van der Waals surface area contributed by atoms with E-state index in [-0.39, 0.29) is 37.4 Å². The summed E-state index contributed by atoms with van der Waals surface area (Å²) in [6.07, 6.45) is 1.48. The SMILES string of the molecule is COc1ccc(C(=O)N2CC(O)C2)c(NC(=O)N2CC[C@](c3ccc(C)c(F)c3)(c3ncns3)C2)c1. The van der Waals surface area contributed by atoms with Crippen molar-refractivity contribution in [2.75, 3.05) is 38.6 Å². The Bertz CT molecular complexity index is 1300. The number of hydrogen-bond donors (Lipinski definition) is 2. The third kappa shape index (κ3) is 4.28. The lowest BCUT2D eigenvalue weighted by atomic mass is 9.80. The first-order valence-electron chi connectivity index (χ1n) is 11.6. The zero-order valence-corrected chi connectivity index (χ0v) is 20.7. The van der Waals surface area contributed by atoms with Gasteiger partial charge in [-0.3, -0.25) is 4.79 Å². The first-order valence-corrected chi connectivity index (χ1v) is 12.3. The van der Waals surface area contributed by atoms with Crippen molar-refractivity contribution < 1.29 is 23.8 Å². The highest BCUT2D eigenvalue weighted by atomic mass is 32.1. The van der Waals surface area contributed by atoms with Crippen LogP contribution in [0.15, 0.2) is 42.7 Å². The molecule has 0 unspecified atom stereocenters. The van der Waals surface area contributed by atoms with Gasteiger partial charge < -0.3 is 25.0 Å². The minimum absolute atomic E-state index is 0.252. The number of likely N-dealkylation sites (tertiary alicyclic amines) is 2. The molecule has 0 bridgehead atoms. The molecule has 1 atom stereocenters. The van der Waals surface area contributed by atoms with E-state index in [0.29, 0.717) is 35.5 Å². The monoisotopic (exact) mass is 511 g/mol. The summed E-state index contributed by atoms with van der Waals surface area (Å²) in [5, 5.41) is 13.2. The van der Waals surface area contributed by atoms with Gasteiger partial charge in [-0.2, -0.15) is 4.37 Å². The topological polar surface area (TPSA) is 108 Å². The number of aryl methyl sites for hydroxylation is 1. The van der Waals surface area contributed by atoms with Crippen molar-refractivity contribution in [1.82, 2.24) is 19.2 Å². The third-order valence-corrected chi connectivity index (χ3v) is 7.77. The number of anilines is 1. The molecule has 0 radical (unpaired) electrons. The fraction of sp³-hybridized carbons (Fsp3) is 0.360. The van der Waals surface area contributed by atoms with Crippen LogP contribution < -0.4 is 10.1 Å². The number of carbonyl (C=O) groups excluding carboxylic acids is 2. The Morgan fingerprint density at radius 2 is 2.03 bits per heavy atom. The number of β-amino-alcohol motifs (C(OH)–C–C–N with tert-alkyl or cyclic N) is 1. The van der Waals surface area contributed by atoms with Crippen LogP contribution in [0.2, 0.25) is 0 Å². The van der Waals surface area contributed by atoms with E-state index in [1.165, 1.54) is 35.9 Å². The van der Waals surface area contributed by atoms with E-state index < -0.39 is 11.5 Å². The van der Waals surface area contributed by atoms with E-state index in [4.69, 9.17) is 4.74 Å². The number of ether oxygens (including phenoxy) is 1. The molecule has 9 nitrogen and oxygen atoms in total. The summed E-state index contributed by atoms with van der Waals surface area (Å²) in [6, 6.07) is 9.59. The fourth-order valence-corrected chi connectivity index (χ4v) is 5.46. The number of aliphatic hydroxyl groups is 1. The number of carbonyl (C=O) groups is 2. The summed E-state index contributed by atoms with van der Waals surface area (Å²) in [6.45, 7) is 2.90. The molecule has 3 amide bonds. The maximum atomic E-state index is 14.5. The van der Waals surface area contributed by atoms with Gasteiger partial charge >= 0.3 is 6.03 Å². The van der Waals surface area contributed by atoms with Crippen LogP contribution in [-0.2, 0) is 5.41 Å². The Balaban J connectivity index is 1.41. The van der Waals surface area contributed by atoms with Gasteiger partial charge in [0.15, 0.2) is 0 Å². The second-order valence-corrected chi connectivity index (χ2v) is 9.95. The second kappa shape index (κ2) is 9.47. The van der Waals surface area contributed by atoms with E-state index in [0.717, 1.165) is 10.6 Å². The number of rotatable bonds is 5. The van der Waals surface area contributed by atoms with Gasteiger partial charge in [-0.1, -0.05) is 12.1 Å². The number of urea groups is 1. The number of halogens is 1. The van der Waals surface area contributed by atoms with Crippen molar-refractivity contribution in [3.63, 3.8) is 0 Å². The second-order valence-electron chi connectivity index (χ2n) is 9.17. The molecule has 2 N–H and O–H groups in total. The van der Waals surface area contributed by atoms with Crippen LogP contribution in [0.25, 0.3) is 0 Å². The summed E-state index contributed by atoms with van der Waals surface area (Å²) in [5.41, 5.74) is 1.23. The highest BCUT2D eigenvalue weighted by Gasteiger charge is 2.45. The minimum Gasteiger partial charge on any atom is -0.497 e. The van der Waals surface area contributed by atoms with E-state index in [1.54, 1.807) is 36.1 Å². The predicted octanol–water partition coefficient (Wildman–Crippen LogP) is 3.03. The molecule has 2 aliphatic rings. The molecule has 0 spiro atoms. The minimum atomic E-state index is -0.687. The van der Waals surface area contributed by atoms with Crippen LogP contribution in [0.4, 0.5) is 14.9 Å². The smallest absolute Gasteiger partial charge is 0.321 e. The standard InChI is InChI=1S/C25H26FN5O4S/c1-15-3-4-16(9-20(15)26)25(23-27-14-28-36-23)7-8-30(13-25)24(34)29-21-10-18(35-2)5-6-19(21)22(33)31-11-17(32)12-31/h3-6,9-10,14,17,32H,7-8,11-13H2,1-2H3,(H,29,34)/t25-/m0/s1. The van der Waals surface area contributed by atoms with Crippen molar-refractivity contribution in [2.45, 2.75) is 24.9 Å². The predicted molar refractivity (Wildman–Crippen MR) is 132 cm³/mol. The van der Waals surface area contributed by atoms with Gasteiger partial charge in [-0.25, -0.2) is 14.2 Å². The van der Waals surface area contributed by atoms with Crippen LogP contribution in [0.3, 0.4) is 0 Å². The Labute approximate surface area is 211 Å². The third-order valence-electron chi connectivity index (χ3n) is 6.90. The number of aromatic nitrogens is 2. The van der Waals surface area contributed by atoms with Crippen molar-refractivity contribution in [1.29, 1.82) is 0 Å². The Kier molecular flexibility index (Phi) is 6.35. The molecule has 3 aromatic rings. The van der Waals surface area contributed by atoms with Gasteiger partial charge in [-0.05, 0) is 54.2 Å². The number of nitrogens with one attached hydrogen (secondary N) is 1. The Morgan fingerprint density at radius 1 is 1.22 bits per heavy atom. The normalized spacial score (nSPS) is 19.8. The molecule has 188 valence electrons. The quantitative estimate of drug-likeness (QED) is 0.545. The lowest BCUT2D eigenvalue weighted by Crippen LogP contribution is -2.53. The van der Waals surface area contributed by atoms with E-state index in [2.05, 4.69) is 14.7 Å². The lowest BCUT2D eigenvalue weighted by molar-refractivity contribution is 0.00596. The molecule has 0 saturated carbocycles. The maximum Gasteiger partial charge on any atom is 0.321 e. The van der Waals surface area contributed by atoms with Crippen LogP contribution in [0, 0.1) is 12.7 Å². The van der Waals surface area contributed by atoms with Crippen molar-refractivity contribution in [3.05, 3.63) is 70.2 Å². The number of amides is 3. The number of aliphatic hydroxyl groups excluding tert-OH is 1. The molecular formula is C25H26FN5O4S. The van der Waals surface area contributed by atoms with Crippen LogP contribution in [-0.4, -0.2) is 75.6 Å². The van der Waals surface area contributed by atoms with Gasteiger partial charge in [0.1, 0.15) is 22.9 Å². The molecule has 2 aromatic carbocycles. The highest BCUT2D eigenvalue weighted by Crippen LogP contribution is 2.42. The summed E-state index contributed by atoms with van der Waals surface area (Å²) in [7, 11) is 1.51. The molecule has 5 rings (SSSR count). The average molecular weight is 512 g/mol. The van der Waals surface area contributed by atoms with Crippen LogP contribution >= 0.6 is 11.5 Å². The van der Waals surface area contributed by atoms with E-state index in [1.807, 2.05) is 6.07 Å². The molecule has 36 heavy (non-hydrogen) atoms. The zero-order valence-electron chi connectivity index (χ0n) is 19.9. The zero-order chi connectivity index (χ0) is 25.4. The van der Waals surface area contributed by atoms with Crippen molar-refractivity contribution in [2.24, 2.45) is 0 Å². The van der Waals surface area contributed by atoms with Crippen LogP contribution in [0.5, 0.6) is 5.75 Å². The Morgan fingerprint density at radius 3 is 2.69 bits per heavy atom. The molecule has 1 aromatic heterocycles. The summed E-state index contributed by atoms with van der Waals surface area (Å²) >= 11 is 1.24. The number of nitrogens with zero attached hydrogens (tertiary/aromatic N) is 4. The van der Waals surface area contributed by atoms with Gasteiger partial charge in [0.25, 0.3) is 5.91 Å². The van der Waals surface area contributed by atoms with E-state index >= 15 is 0 Å². The molecule has 2 saturated heterocycles. The highest BCUT2D eigenvalue weighted by molar-refractivity contribution is 7.05. The first-order chi connectivity index (χ1) is 17.3. The average Bonchev–Trinajstić information content (AvgIpc) is 3.54. The Hall–Kier alpha value is -3.57. The van der Waals surface area contributed by atoms with Gasteiger partial charge in [0.05, 0.1) is 29.9 Å². The summed E-state index contributed by atoms with van der Waals surface area (Å²) in [4.78, 5) is 33.9. The van der Waals surface area contributed by atoms with Gasteiger partial charge in [0.2, 0.25) is 0 Å². The molecule has 11 heteroatoms. The van der Waals surface area contributed by atoms with Crippen LogP contribution in [0.1, 0.15) is 32.9 Å². The molecular weight excluding hydrogens is 485 g/mol. The first kappa shape index (κ1) is 24.1. The molecule has 2 aliphatic heterocycles. The lowest BCUT2D eigenvalue weighted by Gasteiger charge is -2.36. The van der Waals surface area contributed by atoms with Gasteiger partial charge in [0, 0.05) is 32.2 Å². The molecule has 0 aliphatic carbocycles. The maximum absolute atomic E-state index is 14.5. The number of methoxy groups -OCH3 is 1. The van der Waals surface area contributed by atoms with Gasteiger partial charge in [-0.15, -0.1) is 0 Å². The summed E-state index contributed by atoms with van der Waals surface area (Å²) < 4.78 is 24.0. The van der Waals surface area contributed by atoms with Crippen molar-refractivity contribution in [3.8, 4) is 5.75 Å². The van der Waals surface area contributed by atoms with Crippen molar-refractivity contribution >= 4 is 29.2 Å².